The van der Waals surface area contributed by atoms with Gasteiger partial charge in [0.1, 0.15) is 5.82 Å². The summed E-state index contributed by atoms with van der Waals surface area (Å²) >= 11 is 2.06. The number of rotatable bonds is 4. The van der Waals surface area contributed by atoms with Crippen molar-refractivity contribution < 1.29 is 0 Å². The third-order valence-electron chi connectivity index (χ3n) is 3.73. The van der Waals surface area contributed by atoms with Crippen molar-refractivity contribution in [2.75, 3.05) is 23.7 Å². The Morgan fingerprint density at radius 1 is 1.47 bits per heavy atom. The van der Waals surface area contributed by atoms with Crippen LogP contribution in [0.1, 0.15) is 32.3 Å². The van der Waals surface area contributed by atoms with Gasteiger partial charge in [-0.05, 0) is 44.4 Å². The molecule has 1 aliphatic carbocycles. The highest BCUT2D eigenvalue weighted by Gasteiger charge is 2.27. The van der Waals surface area contributed by atoms with E-state index in [0.717, 1.165) is 31.5 Å². The fourth-order valence-corrected chi connectivity index (χ4v) is 3.62. The molecule has 1 aliphatic heterocycles. The largest absolute Gasteiger partial charge is 0.354 e. The summed E-state index contributed by atoms with van der Waals surface area (Å²) < 4.78 is 0.336. The molecule has 2 aliphatic rings. The van der Waals surface area contributed by atoms with Crippen LogP contribution < -0.4 is 10.2 Å². The topological polar surface area (TPSA) is 28.2 Å². The van der Waals surface area contributed by atoms with E-state index < -0.39 is 0 Å². The monoisotopic (exact) mass is 277 g/mol. The van der Waals surface area contributed by atoms with Crippen molar-refractivity contribution in [3.05, 3.63) is 23.9 Å². The van der Waals surface area contributed by atoms with Crippen molar-refractivity contribution in [1.82, 2.24) is 10.3 Å². The number of pyridine rings is 1. The Balaban J connectivity index is 1.67. The second-order valence-corrected chi connectivity index (χ2v) is 8.01. The molecule has 4 heteroatoms. The first-order valence-electron chi connectivity index (χ1n) is 7.20. The van der Waals surface area contributed by atoms with Gasteiger partial charge in [0, 0.05) is 42.4 Å². The lowest BCUT2D eigenvalue weighted by Crippen LogP contribution is -2.43. The number of nitrogens with one attached hydrogen (secondary N) is 1. The van der Waals surface area contributed by atoms with Gasteiger partial charge < -0.3 is 10.2 Å². The molecule has 104 valence electrons. The lowest BCUT2D eigenvalue weighted by molar-refractivity contribution is 0.640. The van der Waals surface area contributed by atoms with Crippen molar-refractivity contribution in [2.24, 2.45) is 0 Å². The minimum atomic E-state index is 0.336. The van der Waals surface area contributed by atoms with Gasteiger partial charge in [-0.1, -0.05) is 0 Å². The van der Waals surface area contributed by atoms with Gasteiger partial charge in [0.05, 0.1) is 0 Å². The van der Waals surface area contributed by atoms with Crippen molar-refractivity contribution >= 4 is 17.6 Å². The summed E-state index contributed by atoms with van der Waals surface area (Å²) in [5.74, 6) is 2.34. The number of hydrogen-bond donors (Lipinski definition) is 1. The number of nitrogens with zero attached hydrogens (tertiary/aromatic N) is 2. The normalized spacial score (nSPS) is 22.5. The number of thioether (sulfide) groups is 1. The van der Waals surface area contributed by atoms with Crippen molar-refractivity contribution in [2.45, 2.75) is 44.0 Å². The highest BCUT2D eigenvalue weighted by atomic mass is 32.2. The Kier molecular flexibility index (Phi) is 3.72. The van der Waals surface area contributed by atoms with Gasteiger partial charge in [-0.2, -0.15) is 11.8 Å². The van der Waals surface area contributed by atoms with E-state index in [9.17, 15) is 0 Å². The summed E-state index contributed by atoms with van der Waals surface area (Å²) in [5.41, 5.74) is 1.35. The molecule has 1 saturated heterocycles. The van der Waals surface area contributed by atoms with Gasteiger partial charge in [-0.25, -0.2) is 4.98 Å². The van der Waals surface area contributed by atoms with Gasteiger partial charge in [0.15, 0.2) is 0 Å². The van der Waals surface area contributed by atoms with Crippen LogP contribution in [0.15, 0.2) is 18.3 Å². The molecule has 1 aromatic heterocycles. The second-order valence-electron chi connectivity index (χ2n) is 6.21. The molecule has 0 amide bonds. The molecule has 19 heavy (non-hydrogen) atoms. The zero-order valence-electron chi connectivity index (χ0n) is 11.9. The zero-order chi connectivity index (χ0) is 13.3. The highest BCUT2D eigenvalue weighted by molar-refractivity contribution is 8.00. The Hall–Kier alpha value is -0.740. The fourth-order valence-electron chi connectivity index (χ4n) is 2.51. The predicted octanol–water partition coefficient (Wildman–Crippen LogP) is 2.67. The minimum absolute atomic E-state index is 0.336. The number of hydrogen-bond acceptors (Lipinski definition) is 4. The maximum Gasteiger partial charge on any atom is 0.128 e. The van der Waals surface area contributed by atoms with Crippen LogP contribution in [0.4, 0.5) is 5.82 Å². The van der Waals surface area contributed by atoms with E-state index in [1.807, 2.05) is 6.20 Å². The molecular weight excluding hydrogens is 254 g/mol. The van der Waals surface area contributed by atoms with E-state index in [4.69, 9.17) is 0 Å². The minimum Gasteiger partial charge on any atom is -0.354 e. The van der Waals surface area contributed by atoms with E-state index in [0.29, 0.717) is 4.75 Å². The first-order valence-corrected chi connectivity index (χ1v) is 8.18. The molecular formula is C15H23N3S. The Morgan fingerprint density at radius 2 is 2.32 bits per heavy atom. The average molecular weight is 277 g/mol. The maximum atomic E-state index is 4.56. The number of anilines is 1. The molecule has 0 atom stereocenters. The van der Waals surface area contributed by atoms with Crippen LogP contribution in [0.3, 0.4) is 0 Å². The Bertz CT molecular complexity index is 443. The Morgan fingerprint density at radius 3 is 3.05 bits per heavy atom. The standard InChI is InChI=1S/C15H23N3S/c1-15(2)11-18(7-8-19-15)14-9-12(5-6-16-14)10-17-13-3-4-13/h5-6,9,13,17H,3-4,7-8,10-11H2,1-2H3. The van der Waals surface area contributed by atoms with E-state index in [1.165, 1.54) is 24.2 Å². The van der Waals surface area contributed by atoms with E-state index in [-0.39, 0.29) is 0 Å². The van der Waals surface area contributed by atoms with E-state index in [2.05, 4.69) is 52.9 Å². The molecule has 0 unspecified atom stereocenters. The van der Waals surface area contributed by atoms with Crippen LogP contribution in [0, 0.1) is 0 Å². The number of aromatic nitrogens is 1. The molecule has 1 N–H and O–H groups in total. The summed E-state index contributed by atoms with van der Waals surface area (Å²) in [6.45, 7) is 7.82. The SMILES string of the molecule is CC1(C)CN(c2cc(CNC3CC3)ccn2)CCS1. The third-order valence-corrected chi connectivity index (χ3v) is 5.03. The van der Waals surface area contributed by atoms with Crippen LogP contribution in [0.5, 0.6) is 0 Å². The van der Waals surface area contributed by atoms with E-state index >= 15 is 0 Å². The van der Waals surface area contributed by atoms with E-state index in [1.54, 1.807) is 0 Å². The summed E-state index contributed by atoms with van der Waals surface area (Å²) in [4.78, 5) is 6.99. The summed E-state index contributed by atoms with van der Waals surface area (Å²) in [5, 5.41) is 3.57. The lowest BCUT2D eigenvalue weighted by Gasteiger charge is -2.38. The molecule has 2 fully saturated rings. The molecule has 0 radical (unpaired) electrons. The molecule has 1 aromatic rings. The van der Waals surface area contributed by atoms with Gasteiger partial charge in [0.2, 0.25) is 0 Å². The molecule has 0 aromatic carbocycles. The zero-order valence-corrected chi connectivity index (χ0v) is 12.7. The fraction of sp³-hybridized carbons (Fsp3) is 0.667. The molecule has 2 heterocycles. The predicted molar refractivity (Wildman–Crippen MR) is 82.8 cm³/mol. The summed E-state index contributed by atoms with van der Waals surface area (Å²) in [7, 11) is 0. The van der Waals surface area contributed by atoms with Crippen LogP contribution in [0.2, 0.25) is 0 Å². The molecule has 3 rings (SSSR count). The van der Waals surface area contributed by atoms with Gasteiger partial charge in [0.25, 0.3) is 0 Å². The van der Waals surface area contributed by atoms with Crippen LogP contribution in [0.25, 0.3) is 0 Å². The summed E-state index contributed by atoms with van der Waals surface area (Å²) in [6, 6.07) is 5.14. The first-order chi connectivity index (χ1) is 9.12. The Labute approximate surface area is 120 Å². The van der Waals surface area contributed by atoms with Crippen LogP contribution >= 0.6 is 11.8 Å². The quantitative estimate of drug-likeness (QED) is 0.916. The first kappa shape index (κ1) is 13.3. The van der Waals surface area contributed by atoms with Crippen molar-refractivity contribution in [1.29, 1.82) is 0 Å². The maximum absolute atomic E-state index is 4.56. The lowest BCUT2D eigenvalue weighted by atomic mass is 10.1. The third kappa shape index (κ3) is 3.63. The smallest absolute Gasteiger partial charge is 0.128 e. The van der Waals surface area contributed by atoms with Crippen molar-refractivity contribution in [3.8, 4) is 0 Å². The molecule has 0 bridgehead atoms. The highest BCUT2D eigenvalue weighted by Crippen LogP contribution is 2.31. The molecule has 1 saturated carbocycles. The molecule has 3 nitrogen and oxygen atoms in total. The van der Waals surface area contributed by atoms with Crippen molar-refractivity contribution in [3.63, 3.8) is 0 Å². The molecule has 0 spiro atoms. The second kappa shape index (κ2) is 5.33. The van der Waals surface area contributed by atoms with Gasteiger partial charge >= 0.3 is 0 Å². The average Bonchev–Trinajstić information content (AvgIpc) is 3.20. The van der Waals surface area contributed by atoms with Crippen LogP contribution in [-0.4, -0.2) is 34.6 Å². The van der Waals surface area contributed by atoms with Gasteiger partial charge in [-0.15, -0.1) is 0 Å². The summed E-state index contributed by atoms with van der Waals surface area (Å²) in [6.07, 6.45) is 4.64. The van der Waals surface area contributed by atoms with Crippen LogP contribution in [-0.2, 0) is 6.54 Å². The van der Waals surface area contributed by atoms with Gasteiger partial charge in [-0.3, -0.25) is 0 Å².